The molecule has 0 aromatic heterocycles. The standard InChI is InChI=1S/C17H27NOS/c1-3-17(13-19,18-15-8-9-15)10-5-11-20-16-7-4-6-14(2)12-16/h4,6-7,12,15,18-19H,3,5,8-11,13H2,1-2H3. The predicted molar refractivity (Wildman–Crippen MR) is 87.4 cm³/mol. The van der Waals surface area contributed by atoms with E-state index in [4.69, 9.17) is 0 Å². The third-order valence-electron chi connectivity index (χ3n) is 4.13. The zero-order valence-corrected chi connectivity index (χ0v) is 13.5. The Hall–Kier alpha value is -0.510. The van der Waals surface area contributed by atoms with Crippen LogP contribution in [-0.2, 0) is 0 Å². The summed E-state index contributed by atoms with van der Waals surface area (Å²) in [6.45, 7) is 4.58. The molecule has 1 aromatic rings. The molecule has 2 N–H and O–H groups in total. The van der Waals surface area contributed by atoms with Gasteiger partial charge in [-0.25, -0.2) is 0 Å². The van der Waals surface area contributed by atoms with Gasteiger partial charge in [0, 0.05) is 16.5 Å². The molecule has 0 spiro atoms. The molecule has 1 aromatic carbocycles. The number of nitrogens with one attached hydrogen (secondary N) is 1. The number of rotatable bonds is 9. The summed E-state index contributed by atoms with van der Waals surface area (Å²) in [6.07, 6.45) is 5.77. The first-order valence-electron chi connectivity index (χ1n) is 7.75. The summed E-state index contributed by atoms with van der Waals surface area (Å²) in [7, 11) is 0. The molecule has 0 aliphatic heterocycles. The lowest BCUT2D eigenvalue weighted by Gasteiger charge is -2.32. The number of aliphatic hydroxyl groups excluding tert-OH is 1. The molecule has 0 saturated heterocycles. The fraction of sp³-hybridized carbons (Fsp3) is 0.647. The van der Waals surface area contributed by atoms with E-state index in [1.54, 1.807) is 0 Å². The van der Waals surface area contributed by atoms with Gasteiger partial charge < -0.3 is 10.4 Å². The van der Waals surface area contributed by atoms with E-state index in [9.17, 15) is 5.11 Å². The van der Waals surface area contributed by atoms with Gasteiger partial charge in [-0.3, -0.25) is 0 Å². The molecule has 0 amide bonds. The Kier molecular flexibility index (Phi) is 5.94. The fourth-order valence-corrected chi connectivity index (χ4v) is 3.52. The third-order valence-corrected chi connectivity index (χ3v) is 5.21. The zero-order valence-electron chi connectivity index (χ0n) is 12.7. The van der Waals surface area contributed by atoms with Crippen molar-refractivity contribution in [3.05, 3.63) is 29.8 Å². The minimum atomic E-state index is -0.0473. The van der Waals surface area contributed by atoms with Crippen LogP contribution in [0.3, 0.4) is 0 Å². The molecule has 2 nitrogen and oxygen atoms in total. The molecule has 1 fully saturated rings. The Morgan fingerprint density at radius 3 is 2.80 bits per heavy atom. The first kappa shape index (κ1) is 15.9. The maximum Gasteiger partial charge on any atom is 0.0613 e. The van der Waals surface area contributed by atoms with Crippen LogP contribution < -0.4 is 5.32 Å². The first-order chi connectivity index (χ1) is 9.67. The van der Waals surface area contributed by atoms with Gasteiger partial charge in [0.25, 0.3) is 0 Å². The van der Waals surface area contributed by atoms with E-state index >= 15 is 0 Å². The van der Waals surface area contributed by atoms with Gasteiger partial charge in [-0.15, -0.1) is 11.8 Å². The Morgan fingerprint density at radius 1 is 1.40 bits per heavy atom. The molecular weight excluding hydrogens is 266 g/mol. The van der Waals surface area contributed by atoms with Crippen molar-refractivity contribution < 1.29 is 5.11 Å². The average Bonchev–Trinajstić information content (AvgIpc) is 3.26. The molecule has 1 atom stereocenters. The minimum Gasteiger partial charge on any atom is -0.394 e. The summed E-state index contributed by atoms with van der Waals surface area (Å²) < 4.78 is 0. The van der Waals surface area contributed by atoms with Gasteiger partial charge in [0.05, 0.1) is 6.61 Å². The van der Waals surface area contributed by atoms with Gasteiger partial charge in [-0.1, -0.05) is 24.6 Å². The van der Waals surface area contributed by atoms with E-state index in [1.165, 1.54) is 23.3 Å². The van der Waals surface area contributed by atoms with E-state index in [1.807, 2.05) is 11.8 Å². The van der Waals surface area contributed by atoms with Gasteiger partial charge in [-0.05, 0) is 56.9 Å². The van der Waals surface area contributed by atoms with Crippen molar-refractivity contribution in [3.8, 4) is 0 Å². The monoisotopic (exact) mass is 293 g/mol. The Balaban J connectivity index is 1.75. The van der Waals surface area contributed by atoms with Crippen LogP contribution in [0.1, 0.15) is 44.6 Å². The predicted octanol–water partition coefficient (Wildman–Crippen LogP) is 3.76. The minimum absolute atomic E-state index is 0.0473. The lowest BCUT2D eigenvalue weighted by molar-refractivity contribution is 0.144. The van der Waals surface area contributed by atoms with Gasteiger partial charge in [-0.2, -0.15) is 0 Å². The number of hydrogen-bond acceptors (Lipinski definition) is 3. The smallest absolute Gasteiger partial charge is 0.0613 e. The highest BCUT2D eigenvalue weighted by Crippen LogP contribution is 2.28. The highest BCUT2D eigenvalue weighted by atomic mass is 32.2. The van der Waals surface area contributed by atoms with Crippen molar-refractivity contribution in [1.29, 1.82) is 0 Å². The Bertz CT molecular complexity index is 413. The van der Waals surface area contributed by atoms with E-state index in [0.29, 0.717) is 6.04 Å². The van der Waals surface area contributed by atoms with E-state index in [-0.39, 0.29) is 12.1 Å². The Morgan fingerprint density at radius 2 is 2.20 bits per heavy atom. The lowest BCUT2D eigenvalue weighted by atomic mass is 9.91. The molecule has 1 unspecified atom stereocenters. The highest BCUT2D eigenvalue weighted by Gasteiger charge is 2.33. The number of hydrogen-bond donors (Lipinski definition) is 2. The van der Waals surface area contributed by atoms with Crippen molar-refractivity contribution in [2.24, 2.45) is 0 Å². The van der Waals surface area contributed by atoms with Crippen molar-refractivity contribution in [3.63, 3.8) is 0 Å². The quantitative estimate of drug-likeness (QED) is 0.537. The topological polar surface area (TPSA) is 32.3 Å². The second kappa shape index (κ2) is 7.48. The van der Waals surface area contributed by atoms with Crippen molar-refractivity contribution in [2.45, 2.75) is 62.4 Å². The third kappa shape index (κ3) is 4.80. The second-order valence-electron chi connectivity index (χ2n) is 5.98. The summed E-state index contributed by atoms with van der Waals surface area (Å²) in [5.74, 6) is 1.12. The Labute approximate surface area is 127 Å². The van der Waals surface area contributed by atoms with Gasteiger partial charge in [0.15, 0.2) is 0 Å². The van der Waals surface area contributed by atoms with Crippen LogP contribution in [-0.4, -0.2) is 29.0 Å². The van der Waals surface area contributed by atoms with Crippen LogP contribution in [0.2, 0.25) is 0 Å². The number of aryl methyl sites for hydroxylation is 1. The molecule has 20 heavy (non-hydrogen) atoms. The molecule has 0 heterocycles. The maximum atomic E-state index is 9.74. The van der Waals surface area contributed by atoms with Crippen LogP contribution in [0.15, 0.2) is 29.2 Å². The van der Waals surface area contributed by atoms with Crippen LogP contribution in [0.4, 0.5) is 0 Å². The summed E-state index contributed by atoms with van der Waals surface area (Å²) in [5, 5.41) is 13.4. The van der Waals surface area contributed by atoms with Crippen molar-refractivity contribution in [1.82, 2.24) is 5.32 Å². The molecular formula is C17H27NOS. The van der Waals surface area contributed by atoms with Gasteiger partial charge in [0.2, 0.25) is 0 Å². The second-order valence-corrected chi connectivity index (χ2v) is 7.15. The molecule has 112 valence electrons. The molecule has 0 radical (unpaired) electrons. The molecule has 1 aliphatic carbocycles. The maximum absolute atomic E-state index is 9.74. The van der Waals surface area contributed by atoms with Crippen molar-refractivity contribution in [2.75, 3.05) is 12.4 Å². The van der Waals surface area contributed by atoms with Crippen LogP contribution in [0.25, 0.3) is 0 Å². The van der Waals surface area contributed by atoms with Crippen molar-refractivity contribution >= 4 is 11.8 Å². The van der Waals surface area contributed by atoms with Crippen LogP contribution in [0.5, 0.6) is 0 Å². The summed E-state index contributed by atoms with van der Waals surface area (Å²) in [5.41, 5.74) is 1.28. The van der Waals surface area contributed by atoms with Crippen LogP contribution in [0, 0.1) is 6.92 Å². The molecule has 2 rings (SSSR count). The van der Waals surface area contributed by atoms with E-state index in [0.717, 1.165) is 25.0 Å². The van der Waals surface area contributed by atoms with Gasteiger partial charge in [0.1, 0.15) is 0 Å². The van der Waals surface area contributed by atoms with E-state index in [2.05, 4.69) is 43.4 Å². The summed E-state index contributed by atoms with van der Waals surface area (Å²) >= 11 is 1.92. The fourth-order valence-electron chi connectivity index (χ4n) is 2.55. The summed E-state index contributed by atoms with van der Waals surface area (Å²) in [6, 6.07) is 9.34. The number of thioether (sulfide) groups is 1. The summed E-state index contributed by atoms with van der Waals surface area (Å²) in [4.78, 5) is 1.35. The van der Waals surface area contributed by atoms with Gasteiger partial charge >= 0.3 is 0 Å². The normalized spacial score (nSPS) is 17.9. The zero-order chi connectivity index (χ0) is 14.4. The first-order valence-corrected chi connectivity index (χ1v) is 8.74. The van der Waals surface area contributed by atoms with Crippen LogP contribution >= 0.6 is 11.8 Å². The molecule has 1 saturated carbocycles. The SMILES string of the molecule is CCC(CO)(CCCSc1cccc(C)c1)NC1CC1. The average molecular weight is 293 g/mol. The lowest BCUT2D eigenvalue weighted by Crippen LogP contribution is -2.49. The molecule has 3 heteroatoms. The largest absolute Gasteiger partial charge is 0.394 e. The molecule has 0 bridgehead atoms. The highest BCUT2D eigenvalue weighted by molar-refractivity contribution is 7.99. The number of aliphatic hydroxyl groups is 1. The van der Waals surface area contributed by atoms with E-state index < -0.39 is 0 Å². The number of benzene rings is 1. The molecule has 1 aliphatic rings.